The van der Waals surface area contributed by atoms with Gasteiger partial charge in [0.1, 0.15) is 5.60 Å². The summed E-state index contributed by atoms with van der Waals surface area (Å²) in [6, 6.07) is 0. The molecule has 0 spiro atoms. The van der Waals surface area contributed by atoms with Gasteiger partial charge in [0, 0.05) is 12.0 Å². The fraction of sp³-hybridized carbons (Fsp3) is 0.750. The Morgan fingerprint density at radius 1 is 1.15 bits per heavy atom. The number of rotatable bonds is 7. The van der Waals surface area contributed by atoms with Crippen LogP contribution < -0.4 is 0 Å². The zero-order valence-corrected chi connectivity index (χ0v) is 12.7. The number of esters is 2. The van der Waals surface area contributed by atoms with Crippen LogP contribution in [0.25, 0.3) is 0 Å². The van der Waals surface area contributed by atoms with E-state index in [1.165, 1.54) is 6.42 Å². The van der Waals surface area contributed by atoms with Gasteiger partial charge >= 0.3 is 11.9 Å². The van der Waals surface area contributed by atoms with Crippen molar-refractivity contribution in [1.82, 2.24) is 0 Å². The van der Waals surface area contributed by atoms with Crippen molar-refractivity contribution in [3.8, 4) is 0 Å². The van der Waals surface area contributed by atoms with Crippen LogP contribution in [0.4, 0.5) is 0 Å². The van der Waals surface area contributed by atoms with Crippen LogP contribution >= 0.6 is 0 Å². The van der Waals surface area contributed by atoms with Gasteiger partial charge in [0.15, 0.2) is 0 Å². The van der Waals surface area contributed by atoms with Gasteiger partial charge in [0.25, 0.3) is 0 Å². The van der Waals surface area contributed by atoms with E-state index in [4.69, 9.17) is 9.47 Å². The van der Waals surface area contributed by atoms with E-state index in [2.05, 4.69) is 6.58 Å². The Kier molecular flexibility index (Phi) is 6.76. The maximum absolute atomic E-state index is 11.8. The number of carbonyl (C=O) groups is 2. The van der Waals surface area contributed by atoms with Crippen molar-refractivity contribution in [2.24, 2.45) is 0 Å². The second kappa shape index (κ2) is 8.08. The number of unbranched alkanes of at least 4 members (excludes halogenated alkanes) is 1. The molecular weight excluding hydrogens is 256 g/mol. The maximum Gasteiger partial charge on any atom is 0.333 e. The van der Waals surface area contributed by atoms with Crippen LogP contribution in [0, 0.1) is 0 Å². The van der Waals surface area contributed by atoms with Crippen LogP contribution in [0.1, 0.15) is 65.2 Å². The molecule has 0 radical (unpaired) electrons. The predicted molar refractivity (Wildman–Crippen MR) is 77.2 cm³/mol. The lowest BCUT2D eigenvalue weighted by Gasteiger charge is -2.33. The summed E-state index contributed by atoms with van der Waals surface area (Å²) >= 11 is 0. The molecule has 0 saturated heterocycles. The number of hydrogen-bond acceptors (Lipinski definition) is 4. The van der Waals surface area contributed by atoms with Crippen molar-refractivity contribution >= 4 is 11.9 Å². The summed E-state index contributed by atoms with van der Waals surface area (Å²) in [5, 5.41) is 0. The van der Waals surface area contributed by atoms with E-state index in [9.17, 15) is 9.59 Å². The Labute approximate surface area is 121 Å². The van der Waals surface area contributed by atoms with Crippen LogP contribution in [0.2, 0.25) is 0 Å². The molecule has 1 aliphatic carbocycles. The van der Waals surface area contributed by atoms with Gasteiger partial charge in [-0.1, -0.05) is 13.0 Å². The van der Waals surface area contributed by atoms with Crippen molar-refractivity contribution in [2.45, 2.75) is 70.8 Å². The Morgan fingerprint density at radius 3 is 2.40 bits per heavy atom. The van der Waals surface area contributed by atoms with Gasteiger partial charge in [-0.05, 0) is 52.4 Å². The highest BCUT2D eigenvalue weighted by Gasteiger charge is 2.30. The second-order valence-electron chi connectivity index (χ2n) is 5.86. The summed E-state index contributed by atoms with van der Waals surface area (Å²) in [7, 11) is 0. The van der Waals surface area contributed by atoms with Crippen molar-refractivity contribution in [1.29, 1.82) is 0 Å². The quantitative estimate of drug-likeness (QED) is 0.407. The number of carbonyl (C=O) groups excluding carboxylic acids is 2. The van der Waals surface area contributed by atoms with Crippen molar-refractivity contribution in [2.75, 3.05) is 6.61 Å². The SMILES string of the molecule is C=C(C)C(=O)OCCCCC(=O)OC1(C)CCCCC1. The smallest absolute Gasteiger partial charge is 0.333 e. The molecule has 0 amide bonds. The minimum absolute atomic E-state index is 0.138. The Morgan fingerprint density at radius 2 is 1.80 bits per heavy atom. The molecule has 0 N–H and O–H groups in total. The minimum Gasteiger partial charge on any atom is -0.462 e. The van der Waals surface area contributed by atoms with E-state index < -0.39 is 0 Å². The summed E-state index contributed by atoms with van der Waals surface area (Å²) in [4.78, 5) is 22.9. The average Bonchev–Trinajstić information content (AvgIpc) is 2.38. The zero-order chi connectivity index (χ0) is 15.0. The molecule has 1 aliphatic rings. The molecule has 1 saturated carbocycles. The molecule has 4 nitrogen and oxygen atoms in total. The average molecular weight is 282 g/mol. The monoisotopic (exact) mass is 282 g/mol. The Balaban J connectivity index is 2.11. The minimum atomic E-state index is -0.373. The fourth-order valence-electron chi connectivity index (χ4n) is 2.39. The lowest BCUT2D eigenvalue weighted by Crippen LogP contribution is -2.33. The summed E-state index contributed by atoms with van der Waals surface area (Å²) < 4.78 is 10.5. The first kappa shape index (κ1) is 16.7. The lowest BCUT2D eigenvalue weighted by molar-refractivity contribution is -0.161. The molecule has 0 heterocycles. The zero-order valence-electron chi connectivity index (χ0n) is 12.7. The molecule has 0 bridgehead atoms. The highest BCUT2D eigenvalue weighted by molar-refractivity contribution is 5.86. The standard InChI is InChI=1S/C16H26O4/c1-13(2)15(18)19-12-8-5-9-14(17)20-16(3)10-6-4-7-11-16/h1,4-12H2,2-3H3. The normalized spacial score (nSPS) is 17.3. The van der Waals surface area contributed by atoms with E-state index in [1.807, 2.05) is 6.92 Å². The number of ether oxygens (including phenoxy) is 2. The topological polar surface area (TPSA) is 52.6 Å². The van der Waals surface area contributed by atoms with Crippen LogP contribution in [0.5, 0.6) is 0 Å². The molecule has 0 aromatic rings. The lowest BCUT2D eigenvalue weighted by atomic mass is 9.86. The molecule has 0 unspecified atom stereocenters. The van der Waals surface area contributed by atoms with E-state index >= 15 is 0 Å². The molecule has 20 heavy (non-hydrogen) atoms. The Hall–Kier alpha value is -1.32. The first-order valence-corrected chi connectivity index (χ1v) is 7.47. The van der Waals surface area contributed by atoms with Gasteiger partial charge in [-0.3, -0.25) is 4.79 Å². The molecule has 0 aromatic carbocycles. The van der Waals surface area contributed by atoms with Gasteiger partial charge in [-0.2, -0.15) is 0 Å². The maximum atomic E-state index is 11.8. The second-order valence-corrected chi connectivity index (χ2v) is 5.86. The van der Waals surface area contributed by atoms with Crippen LogP contribution in [0.3, 0.4) is 0 Å². The summed E-state index contributed by atoms with van der Waals surface area (Å²) in [6.07, 6.45) is 7.19. The molecule has 0 aromatic heterocycles. The van der Waals surface area contributed by atoms with Gasteiger partial charge in [0.2, 0.25) is 0 Å². The van der Waals surface area contributed by atoms with Crippen molar-refractivity contribution in [3.05, 3.63) is 12.2 Å². The van der Waals surface area contributed by atoms with E-state index in [1.54, 1.807) is 6.92 Å². The highest BCUT2D eigenvalue weighted by Crippen LogP contribution is 2.31. The molecule has 114 valence electrons. The van der Waals surface area contributed by atoms with E-state index in [-0.39, 0.29) is 17.5 Å². The third kappa shape index (κ3) is 6.22. The third-order valence-corrected chi connectivity index (χ3v) is 3.63. The highest BCUT2D eigenvalue weighted by atomic mass is 16.6. The summed E-state index contributed by atoms with van der Waals surface area (Å²) in [5.41, 5.74) is 0.136. The third-order valence-electron chi connectivity index (χ3n) is 3.63. The van der Waals surface area contributed by atoms with E-state index in [0.29, 0.717) is 31.4 Å². The van der Waals surface area contributed by atoms with E-state index in [0.717, 1.165) is 25.7 Å². The fourth-order valence-corrected chi connectivity index (χ4v) is 2.39. The van der Waals surface area contributed by atoms with Crippen molar-refractivity contribution < 1.29 is 19.1 Å². The molecule has 0 aliphatic heterocycles. The molecular formula is C16H26O4. The predicted octanol–water partition coefficient (Wildman–Crippen LogP) is 3.54. The molecule has 4 heteroatoms. The van der Waals surface area contributed by atoms with Gasteiger partial charge in [0.05, 0.1) is 6.61 Å². The van der Waals surface area contributed by atoms with Crippen LogP contribution in [-0.4, -0.2) is 24.1 Å². The number of hydrogen-bond donors (Lipinski definition) is 0. The summed E-state index contributed by atoms with van der Waals surface area (Å²) in [6.45, 7) is 7.48. The van der Waals surface area contributed by atoms with Crippen LogP contribution in [-0.2, 0) is 19.1 Å². The van der Waals surface area contributed by atoms with Gasteiger partial charge < -0.3 is 9.47 Å². The molecule has 1 fully saturated rings. The first-order chi connectivity index (χ1) is 9.43. The first-order valence-electron chi connectivity index (χ1n) is 7.47. The molecule has 1 rings (SSSR count). The largest absolute Gasteiger partial charge is 0.462 e. The van der Waals surface area contributed by atoms with Crippen molar-refractivity contribution in [3.63, 3.8) is 0 Å². The Bertz CT molecular complexity index is 353. The summed E-state index contributed by atoms with van der Waals surface area (Å²) in [5.74, 6) is -0.511. The van der Waals surface area contributed by atoms with Crippen LogP contribution in [0.15, 0.2) is 12.2 Å². The van der Waals surface area contributed by atoms with Gasteiger partial charge in [-0.15, -0.1) is 0 Å². The molecule has 0 atom stereocenters. The van der Waals surface area contributed by atoms with Gasteiger partial charge in [-0.25, -0.2) is 4.79 Å².